The summed E-state index contributed by atoms with van der Waals surface area (Å²) in [5, 5.41) is 2.37. The Balaban J connectivity index is 2.58. The Labute approximate surface area is 135 Å². The summed E-state index contributed by atoms with van der Waals surface area (Å²) in [5.74, 6) is -0.107. The predicted octanol–water partition coefficient (Wildman–Crippen LogP) is 4.44. The lowest BCUT2D eigenvalue weighted by Crippen LogP contribution is -2.14. The van der Waals surface area contributed by atoms with Crippen molar-refractivity contribution < 1.29 is 18.3 Å². The number of nitrogens with one attached hydrogen (secondary N) is 1. The van der Waals surface area contributed by atoms with Gasteiger partial charge in [0.05, 0.1) is 6.61 Å². The molecule has 21 heavy (non-hydrogen) atoms. The molecule has 1 aromatic heterocycles. The first-order valence-corrected chi connectivity index (χ1v) is 7.54. The maximum atomic E-state index is 14.1. The summed E-state index contributed by atoms with van der Waals surface area (Å²) in [4.78, 5) is 15.9. The van der Waals surface area contributed by atoms with Crippen molar-refractivity contribution in [3.05, 3.63) is 21.3 Å². The minimum absolute atomic E-state index is 0.0492. The van der Waals surface area contributed by atoms with Gasteiger partial charge >= 0.3 is 6.09 Å². The SMILES string of the molecule is CCOC(=O)Nc1c(F)cc(I)c2nc(C(C)(C)C)oc12. The molecule has 0 aliphatic carbocycles. The Morgan fingerprint density at radius 3 is 2.76 bits per heavy atom. The highest BCUT2D eigenvalue weighted by molar-refractivity contribution is 14.1. The molecule has 0 bridgehead atoms. The fraction of sp³-hybridized carbons (Fsp3) is 0.429. The Hall–Kier alpha value is -1.38. The maximum Gasteiger partial charge on any atom is 0.411 e. The van der Waals surface area contributed by atoms with E-state index < -0.39 is 11.9 Å². The van der Waals surface area contributed by atoms with E-state index in [-0.39, 0.29) is 23.3 Å². The molecule has 0 radical (unpaired) electrons. The van der Waals surface area contributed by atoms with Gasteiger partial charge in [-0.1, -0.05) is 20.8 Å². The molecular weight excluding hydrogens is 390 g/mol. The zero-order chi connectivity index (χ0) is 15.8. The predicted molar refractivity (Wildman–Crippen MR) is 86.0 cm³/mol. The molecule has 0 fully saturated rings. The fourth-order valence-electron chi connectivity index (χ4n) is 1.72. The molecule has 1 N–H and O–H groups in total. The number of oxazole rings is 1. The van der Waals surface area contributed by atoms with Crippen molar-refractivity contribution in [2.24, 2.45) is 0 Å². The molecule has 0 aliphatic rings. The maximum absolute atomic E-state index is 14.1. The third-order valence-corrected chi connectivity index (χ3v) is 3.54. The smallest absolute Gasteiger partial charge is 0.411 e. The Bertz CT molecular complexity index is 692. The van der Waals surface area contributed by atoms with Crippen molar-refractivity contribution in [3.8, 4) is 0 Å². The number of hydrogen-bond donors (Lipinski definition) is 1. The van der Waals surface area contributed by atoms with Gasteiger partial charge < -0.3 is 9.15 Å². The molecular formula is C14H16FIN2O3. The molecule has 0 saturated heterocycles. The van der Waals surface area contributed by atoms with Gasteiger partial charge in [-0.2, -0.15) is 0 Å². The lowest BCUT2D eigenvalue weighted by atomic mass is 9.97. The number of carbonyl (C=O) groups is 1. The van der Waals surface area contributed by atoms with Crippen LogP contribution in [0.15, 0.2) is 10.5 Å². The van der Waals surface area contributed by atoms with Gasteiger partial charge in [0.1, 0.15) is 11.2 Å². The number of aromatic nitrogens is 1. The van der Waals surface area contributed by atoms with Crippen LogP contribution >= 0.6 is 22.6 Å². The summed E-state index contributed by atoms with van der Waals surface area (Å²) in [7, 11) is 0. The Kier molecular flexibility index (Phi) is 4.40. The third-order valence-electron chi connectivity index (χ3n) is 2.72. The molecule has 1 amide bonds. The van der Waals surface area contributed by atoms with Crippen molar-refractivity contribution in [2.45, 2.75) is 33.1 Å². The molecule has 5 nitrogen and oxygen atoms in total. The average Bonchev–Trinajstić information content (AvgIpc) is 2.80. The highest BCUT2D eigenvalue weighted by atomic mass is 127. The van der Waals surface area contributed by atoms with Crippen LogP contribution in [0.1, 0.15) is 33.6 Å². The highest BCUT2D eigenvalue weighted by Crippen LogP contribution is 2.34. The van der Waals surface area contributed by atoms with Gasteiger partial charge in [-0.3, -0.25) is 5.32 Å². The van der Waals surface area contributed by atoms with Crippen LogP contribution in [-0.4, -0.2) is 17.7 Å². The zero-order valence-electron chi connectivity index (χ0n) is 12.2. The molecule has 0 aliphatic heterocycles. The van der Waals surface area contributed by atoms with Crippen molar-refractivity contribution in [2.75, 3.05) is 11.9 Å². The van der Waals surface area contributed by atoms with Gasteiger partial charge in [-0.05, 0) is 35.6 Å². The quantitative estimate of drug-likeness (QED) is 0.750. The number of fused-ring (bicyclic) bond motifs is 1. The summed E-state index contributed by atoms with van der Waals surface area (Å²) in [6.45, 7) is 7.70. The minimum atomic E-state index is -0.729. The number of anilines is 1. The summed E-state index contributed by atoms with van der Waals surface area (Å²) >= 11 is 1.99. The zero-order valence-corrected chi connectivity index (χ0v) is 14.4. The Morgan fingerprint density at radius 2 is 2.19 bits per heavy atom. The highest BCUT2D eigenvalue weighted by Gasteiger charge is 2.25. The second-order valence-electron chi connectivity index (χ2n) is 5.51. The molecule has 0 atom stereocenters. The number of ether oxygens (including phenoxy) is 1. The summed E-state index contributed by atoms with van der Waals surface area (Å²) in [5.41, 5.74) is 0.373. The molecule has 0 unspecified atom stereocenters. The molecule has 114 valence electrons. The van der Waals surface area contributed by atoms with E-state index in [2.05, 4.69) is 10.3 Å². The van der Waals surface area contributed by atoms with Crippen LogP contribution in [0.4, 0.5) is 14.9 Å². The lowest BCUT2D eigenvalue weighted by molar-refractivity contribution is 0.168. The number of carbonyl (C=O) groups excluding carboxylic acids is 1. The average molecular weight is 406 g/mol. The van der Waals surface area contributed by atoms with E-state index in [1.807, 2.05) is 43.4 Å². The van der Waals surface area contributed by atoms with Gasteiger partial charge in [0.25, 0.3) is 0 Å². The van der Waals surface area contributed by atoms with Crippen LogP contribution in [0, 0.1) is 9.39 Å². The summed E-state index contributed by atoms with van der Waals surface area (Å²) in [6.07, 6.45) is -0.729. The van der Waals surface area contributed by atoms with E-state index in [0.29, 0.717) is 15.0 Å². The number of nitrogens with zero attached hydrogens (tertiary/aromatic N) is 1. The molecule has 1 aromatic carbocycles. The van der Waals surface area contributed by atoms with Crippen LogP contribution in [0.25, 0.3) is 11.1 Å². The molecule has 0 spiro atoms. The summed E-state index contributed by atoms with van der Waals surface area (Å²) in [6, 6.07) is 1.30. The van der Waals surface area contributed by atoms with Gasteiger partial charge in [0, 0.05) is 8.99 Å². The van der Waals surface area contributed by atoms with Crippen molar-refractivity contribution in [1.29, 1.82) is 0 Å². The van der Waals surface area contributed by atoms with Crippen LogP contribution in [-0.2, 0) is 10.2 Å². The third kappa shape index (κ3) is 3.28. The van der Waals surface area contributed by atoms with Crippen molar-refractivity contribution in [1.82, 2.24) is 4.98 Å². The van der Waals surface area contributed by atoms with Crippen LogP contribution in [0.5, 0.6) is 0 Å². The van der Waals surface area contributed by atoms with Crippen molar-refractivity contribution in [3.63, 3.8) is 0 Å². The van der Waals surface area contributed by atoms with Crippen LogP contribution in [0.2, 0.25) is 0 Å². The van der Waals surface area contributed by atoms with E-state index in [0.717, 1.165) is 0 Å². The second kappa shape index (κ2) is 5.78. The van der Waals surface area contributed by atoms with E-state index in [9.17, 15) is 9.18 Å². The normalized spacial score (nSPS) is 11.7. The first kappa shape index (κ1) is 16.0. The minimum Gasteiger partial charge on any atom is -0.450 e. The van der Waals surface area contributed by atoms with Crippen molar-refractivity contribution >= 4 is 45.5 Å². The van der Waals surface area contributed by atoms with E-state index >= 15 is 0 Å². The topological polar surface area (TPSA) is 64.4 Å². The molecule has 1 heterocycles. The Morgan fingerprint density at radius 1 is 1.52 bits per heavy atom. The molecule has 2 aromatic rings. The number of amides is 1. The second-order valence-corrected chi connectivity index (χ2v) is 6.67. The van der Waals surface area contributed by atoms with E-state index in [1.165, 1.54) is 6.07 Å². The number of hydrogen-bond acceptors (Lipinski definition) is 4. The van der Waals surface area contributed by atoms with Crippen LogP contribution in [0.3, 0.4) is 0 Å². The first-order chi connectivity index (χ1) is 9.74. The standard InChI is InChI=1S/C14H16FIN2O3/c1-5-20-13(19)18-9-7(15)6-8(16)10-11(9)21-12(17-10)14(2,3)4/h6H,5H2,1-4H3,(H,18,19). The van der Waals surface area contributed by atoms with Gasteiger partial charge in [-0.25, -0.2) is 14.2 Å². The van der Waals surface area contributed by atoms with Crippen LogP contribution < -0.4 is 5.32 Å². The van der Waals surface area contributed by atoms with Gasteiger partial charge in [0.15, 0.2) is 11.4 Å². The fourth-order valence-corrected chi connectivity index (χ4v) is 2.36. The largest absolute Gasteiger partial charge is 0.450 e. The number of rotatable bonds is 2. The number of halogens is 2. The van der Waals surface area contributed by atoms with E-state index in [1.54, 1.807) is 6.92 Å². The number of benzene rings is 1. The van der Waals surface area contributed by atoms with Gasteiger partial charge in [-0.15, -0.1) is 0 Å². The first-order valence-electron chi connectivity index (χ1n) is 6.46. The monoisotopic (exact) mass is 406 g/mol. The molecule has 7 heteroatoms. The van der Waals surface area contributed by atoms with E-state index in [4.69, 9.17) is 9.15 Å². The molecule has 0 saturated carbocycles. The van der Waals surface area contributed by atoms with Gasteiger partial charge in [0.2, 0.25) is 5.89 Å². The molecule has 2 rings (SSSR count). The summed E-state index contributed by atoms with van der Waals surface area (Å²) < 4.78 is 25.2. The lowest BCUT2D eigenvalue weighted by Gasteiger charge is -2.11.